The van der Waals surface area contributed by atoms with Crippen molar-refractivity contribution in [1.29, 1.82) is 0 Å². The normalized spacial score (nSPS) is 19.3. The first-order valence-electron chi connectivity index (χ1n) is 5.80. The van der Waals surface area contributed by atoms with Crippen LogP contribution in [0, 0.1) is 5.82 Å². The fraction of sp³-hybridized carbons (Fsp3) is 0.636. The van der Waals surface area contributed by atoms with Crippen molar-refractivity contribution in [3.8, 4) is 5.88 Å². The number of anilines is 1. The summed E-state index contributed by atoms with van der Waals surface area (Å²) in [7, 11) is 0. The lowest BCUT2D eigenvalue weighted by Crippen LogP contribution is -2.17. The first kappa shape index (κ1) is 12.0. The summed E-state index contributed by atoms with van der Waals surface area (Å²) in [5.74, 6) is -0.202. The lowest BCUT2D eigenvalue weighted by molar-refractivity contribution is 0.0647. The second-order valence-corrected chi connectivity index (χ2v) is 3.82. The van der Waals surface area contributed by atoms with Crippen LogP contribution < -0.4 is 10.1 Å². The van der Waals surface area contributed by atoms with Crippen molar-refractivity contribution in [2.75, 3.05) is 25.1 Å². The molecule has 0 radical (unpaired) electrons. The van der Waals surface area contributed by atoms with Crippen molar-refractivity contribution in [2.45, 2.75) is 25.9 Å². The Morgan fingerprint density at radius 2 is 2.53 bits per heavy atom. The molecule has 2 heterocycles. The molecule has 1 aromatic rings. The Bertz CT molecular complexity index is 370. The molecule has 1 aromatic heterocycles. The van der Waals surface area contributed by atoms with E-state index >= 15 is 0 Å². The molecule has 5 nitrogen and oxygen atoms in total. The van der Waals surface area contributed by atoms with E-state index in [1.54, 1.807) is 0 Å². The zero-order valence-corrected chi connectivity index (χ0v) is 9.78. The predicted octanol–water partition coefficient (Wildman–Crippen LogP) is 1.61. The topological polar surface area (TPSA) is 56.3 Å². The van der Waals surface area contributed by atoms with Crippen molar-refractivity contribution < 1.29 is 13.9 Å². The van der Waals surface area contributed by atoms with Gasteiger partial charge in [0.1, 0.15) is 6.61 Å². The second-order valence-electron chi connectivity index (χ2n) is 3.82. The summed E-state index contributed by atoms with van der Waals surface area (Å²) in [5, 5.41) is 2.90. The van der Waals surface area contributed by atoms with E-state index in [1.165, 1.54) is 0 Å². The van der Waals surface area contributed by atoms with Gasteiger partial charge in [-0.3, -0.25) is 0 Å². The molecule has 1 saturated heterocycles. The Balaban J connectivity index is 1.95. The third-order valence-electron chi connectivity index (χ3n) is 2.48. The van der Waals surface area contributed by atoms with Crippen LogP contribution in [0.4, 0.5) is 10.3 Å². The summed E-state index contributed by atoms with van der Waals surface area (Å²) in [6.45, 7) is 3.68. The molecule has 0 aromatic carbocycles. The van der Waals surface area contributed by atoms with E-state index in [0.717, 1.165) is 25.6 Å². The first-order chi connectivity index (χ1) is 8.29. The smallest absolute Gasteiger partial charge is 0.255 e. The molecular weight excluding hydrogens is 225 g/mol. The van der Waals surface area contributed by atoms with Crippen LogP contribution in [0.3, 0.4) is 0 Å². The summed E-state index contributed by atoms with van der Waals surface area (Å²) in [4.78, 5) is 7.75. The van der Waals surface area contributed by atoms with Gasteiger partial charge in [-0.15, -0.1) is 0 Å². The molecule has 1 aliphatic rings. The Morgan fingerprint density at radius 1 is 1.65 bits per heavy atom. The highest BCUT2D eigenvalue weighted by Gasteiger charge is 2.17. The summed E-state index contributed by atoms with van der Waals surface area (Å²) < 4.78 is 24.1. The van der Waals surface area contributed by atoms with E-state index < -0.39 is 5.82 Å². The van der Waals surface area contributed by atoms with E-state index in [1.807, 2.05) is 6.92 Å². The highest BCUT2D eigenvalue weighted by molar-refractivity contribution is 5.28. The summed E-state index contributed by atoms with van der Waals surface area (Å²) in [6, 6.07) is 0. The van der Waals surface area contributed by atoms with E-state index in [-0.39, 0.29) is 12.0 Å². The third-order valence-corrected chi connectivity index (χ3v) is 2.48. The van der Waals surface area contributed by atoms with Gasteiger partial charge in [-0.05, 0) is 19.8 Å². The zero-order valence-electron chi connectivity index (χ0n) is 9.78. The highest BCUT2D eigenvalue weighted by atomic mass is 19.1. The molecule has 1 atom stereocenters. The molecule has 17 heavy (non-hydrogen) atoms. The number of hydrogen-bond donors (Lipinski definition) is 1. The van der Waals surface area contributed by atoms with Crippen LogP contribution in [0.1, 0.15) is 19.8 Å². The third kappa shape index (κ3) is 3.26. The Kier molecular flexibility index (Phi) is 4.08. The van der Waals surface area contributed by atoms with Crippen LogP contribution in [0.5, 0.6) is 5.88 Å². The monoisotopic (exact) mass is 241 g/mol. The van der Waals surface area contributed by atoms with Crippen LogP contribution in [-0.4, -0.2) is 35.8 Å². The molecular formula is C11H16FN3O2. The average molecular weight is 241 g/mol. The minimum absolute atomic E-state index is 0.0218. The number of ether oxygens (including phenoxy) is 2. The minimum Gasteiger partial charge on any atom is -0.473 e. The maximum atomic E-state index is 13.4. The van der Waals surface area contributed by atoms with Gasteiger partial charge in [0.15, 0.2) is 0 Å². The van der Waals surface area contributed by atoms with E-state index in [0.29, 0.717) is 19.1 Å². The standard InChI is InChI=1S/C11H16FN3O2/c1-2-13-11-14-6-9(12)10(15-11)17-7-8-4-3-5-16-8/h6,8H,2-5,7H2,1H3,(H,13,14,15). The van der Waals surface area contributed by atoms with Crippen LogP contribution in [-0.2, 0) is 4.74 Å². The number of hydrogen-bond acceptors (Lipinski definition) is 5. The Labute approximate surface area is 99.4 Å². The number of rotatable bonds is 5. The molecule has 0 spiro atoms. The van der Waals surface area contributed by atoms with Crippen molar-refractivity contribution in [3.63, 3.8) is 0 Å². The molecule has 6 heteroatoms. The molecule has 2 rings (SSSR count). The molecule has 1 unspecified atom stereocenters. The Morgan fingerprint density at radius 3 is 3.24 bits per heavy atom. The van der Waals surface area contributed by atoms with Crippen molar-refractivity contribution in [2.24, 2.45) is 0 Å². The molecule has 0 bridgehead atoms. The van der Waals surface area contributed by atoms with Crippen LogP contribution in [0.15, 0.2) is 6.20 Å². The minimum atomic E-state index is -0.551. The van der Waals surface area contributed by atoms with Crippen LogP contribution >= 0.6 is 0 Å². The fourth-order valence-electron chi connectivity index (χ4n) is 1.64. The zero-order chi connectivity index (χ0) is 12.1. The lowest BCUT2D eigenvalue weighted by atomic mass is 10.2. The van der Waals surface area contributed by atoms with Crippen molar-refractivity contribution in [1.82, 2.24) is 9.97 Å². The van der Waals surface area contributed by atoms with Crippen molar-refractivity contribution >= 4 is 5.95 Å². The van der Waals surface area contributed by atoms with E-state index in [9.17, 15) is 4.39 Å². The summed E-state index contributed by atoms with van der Waals surface area (Å²) in [6.07, 6.45) is 3.14. The number of nitrogens with one attached hydrogen (secondary N) is 1. The quantitative estimate of drug-likeness (QED) is 0.848. The first-order valence-corrected chi connectivity index (χ1v) is 5.80. The molecule has 1 fully saturated rings. The van der Waals surface area contributed by atoms with Crippen LogP contribution in [0.2, 0.25) is 0 Å². The van der Waals surface area contributed by atoms with Gasteiger partial charge in [0.05, 0.1) is 12.3 Å². The van der Waals surface area contributed by atoms with Gasteiger partial charge in [-0.1, -0.05) is 0 Å². The molecule has 0 aliphatic carbocycles. The Hall–Kier alpha value is -1.43. The van der Waals surface area contributed by atoms with Crippen LogP contribution in [0.25, 0.3) is 0 Å². The molecule has 1 aliphatic heterocycles. The highest BCUT2D eigenvalue weighted by Crippen LogP contribution is 2.17. The van der Waals surface area contributed by atoms with Crippen molar-refractivity contribution in [3.05, 3.63) is 12.0 Å². The van der Waals surface area contributed by atoms with Gasteiger partial charge in [-0.2, -0.15) is 9.37 Å². The van der Waals surface area contributed by atoms with Gasteiger partial charge in [-0.25, -0.2) is 4.98 Å². The number of aromatic nitrogens is 2. The largest absolute Gasteiger partial charge is 0.473 e. The van der Waals surface area contributed by atoms with E-state index in [2.05, 4.69) is 15.3 Å². The van der Waals surface area contributed by atoms with E-state index in [4.69, 9.17) is 9.47 Å². The molecule has 94 valence electrons. The van der Waals surface area contributed by atoms with Gasteiger partial charge in [0.25, 0.3) is 5.88 Å². The summed E-state index contributed by atoms with van der Waals surface area (Å²) >= 11 is 0. The van der Waals surface area contributed by atoms with Gasteiger partial charge in [0, 0.05) is 13.2 Å². The molecule has 0 amide bonds. The maximum Gasteiger partial charge on any atom is 0.255 e. The summed E-state index contributed by atoms with van der Waals surface area (Å²) in [5.41, 5.74) is 0. The molecule has 1 N–H and O–H groups in total. The second kappa shape index (κ2) is 5.77. The fourth-order valence-corrected chi connectivity index (χ4v) is 1.64. The SMILES string of the molecule is CCNc1ncc(F)c(OCC2CCCO2)n1. The molecule has 0 saturated carbocycles. The number of nitrogens with zero attached hydrogens (tertiary/aromatic N) is 2. The predicted molar refractivity (Wildman–Crippen MR) is 60.6 cm³/mol. The van der Waals surface area contributed by atoms with Gasteiger partial charge < -0.3 is 14.8 Å². The average Bonchev–Trinajstić information content (AvgIpc) is 2.83. The maximum absolute atomic E-state index is 13.4. The van der Waals surface area contributed by atoms with Gasteiger partial charge in [0.2, 0.25) is 11.8 Å². The number of halogens is 1. The van der Waals surface area contributed by atoms with Gasteiger partial charge >= 0.3 is 0 Å². The lowest BCUT2D eigenvalue weighted by Gasteiger charge is -2.11.